The second-order valence-electron chi connectivity index (χ2n) is 7.20. The van der Waals surface area contributed by atoms with Crippen molar-refractivity contribution in [2.45, 2.75) is 85.9 Å². The molecule has 0 bridgehead atoms. The maximum absolute atomic E-state index is 9.95. The highest BCUT2D eigenvalue weighted by atomic mass is 16.5. The molecule has 0 rings (SSSR count). The minimum atomic E-state index is -1.27. The largest absolute Gasteiger partial charge is 0.368 e. The smallest absolute Gasteiger partial charge is 0.155 e. The minimum absolute atomic E-state index is 0.141. The second kappa shape index (κ2) is 11.0. The average molecular weight is 311 g/mol. The first kappa shape index (κ1) is 21.4. The van der Waals surface area contributed by atoms with Crippen LogP contribution < -0.4 is 0 Å². The van der Waals surface area contributed by atoms with Gasteiger partial charge in [0.25, 0.3) is 0 Å². The van der Waals surface area contributed by atoms with Crippen molar-refractivity contribution in [1.82, 2.24) is 0 Å². The van der Waals surface area contributed by atoms with Gasteiger partial charge in [-0.1, -0.05) is 64.2 Å². The van der Waals surface area contributed by atoms with Crippen molar-refractivity contribution in [3.8, 4) is 0 Å². The number of hydrogen-bond acceptors (Lipinski definition) is 2. The molecule has 0 fully saturated rings. The fourth-order valence-electron chi connectivity index (χ4n) is 3.18. The molecule has 0 aromatic heterocycles. The van der Waals surface area contributed by atoms with E-state index < -0.39 is 6.29 Å². The van der Waals surface area contributed by atoms with E-state index in [4.69, 9.17) is 0 Å². The third kappa shape index (κ3) is 7.60. The van der Waals surface area contributed by atoms with Crippen molar-refractivity contribution in [3.63, 3.8) is 0 Å². The predicted molar refractivity (Wildman–Crippen MR) is 96.6 cm³/mol. The molecule has 3 unspecified atom stereocenters. The normalized spacial score (nSPS) is 16.9. The van der Waals surface area contributed by atoms with Crippen molar-refractivity contribution in [2.75, 3.05) is 0 Å². The van der Waals surface area contributed by atoms with Gasteiger partial charge in [-0.05, 0) is 44.4 Å². The molecule has 0 saturated heterocycles. The van der Waals surface area contributed by atoms with Gasteiger partial charge >= 0.3 is 0 Å². The van der Waals surface area contributed by atoms with Crippen LogP contribution in [0.4, 0.5) is 0 Å². The molecule has 0 aliphatic rings. The van der Waals surface area contributed by atoms with Gasteiger partial charge in [-0.3, -0.25) is 0 Å². The summed E-state index contributed by atoms with van der Waals surface area (Å²) in [5, 5.41) is 19.9. The summed E-state index contributed by atoms with van der Waals surface area (Å²) in [6, 6.07) is 0. The Bertz CT molecular complexity index is 329. The van der Waals surface area contributed by atoms with Crippen molar-refractivity contribution in [1.29, 1.82) is 0 Å². The molecular weight excluding hydrogens is 272 g/mol. The summed E-state index contributed by atoms with van der Waals surface area (Å²) in [4.78, 5) is 0. The van der Waals surface area contributed by atoms with E-state index in [1.807, 2.05) is 6.08 Å². The van der Waals surface area contributed by atoms with E-state index in [2.05, 4.69) is 47.3 Å². The number of rotatable bonds is 12. The molecule has 2 nitrogen and oxygen atoms in total. The summed E-state index contributed by atoms with van der Waals surface area (Å²) in [5.41, 5.74) is 1.07. The summed E-state index contributed by atoms with van der Waals surface area (Å²) in [6.07, 6.45) is 10.3. The highest BCUT2D eigenvalue weighted by Crippen LogP contribution is 2.41. The third-order valence-electron chi connectivity index (χ3n) is 5.04. The van der Waals surface area contributed by atoms with Crippen LogP contribution in [0.5, 0.6) is 0 Å². The zero-order chi connectivity index (χ0) is 17.2. The summed E-state index contributed by atoms with van der Waals surface area (Å²) < 4.78 is 0. The lowest BCUT2D eigenvalue weighted by atomic mass is 9.69. The molecule has 22 heavy (non-hydrogen) atoms. The summed E-state index contributed by atoms with van der Waals surface area (Å²) in [5.74, 6) is 0.423. The molecule has 0 saturated carbocycles. The van der Waals surface area contributed by atoms with E-state index >= 15 is 0 Å². The second-order valence-corrected chi connectivity index (χ2v) is 7.20. The van der Waals surface area contributed by atoms with Gasteiger partial charge in [0.1, 0.15) is 0 Å². The molecule has 0 aliphatic carbocycles. The van der Waals surface area contributed by atoms with E-state index in [1.165, 1.54) is 24.8 Å². The van der Waals surface area contributed by atoms with Crippen LogP contribution in [0.2, 0.25) is 0 Å². The van der Waals surface area contributed by atoms with Gasteiger partial charge in [0.15, 0.2) is 6.29 Å². The third-order valence-corrected chi connectivity index (χ3v) is 5.04. The maximum atomic E-state index is 9.95. The first-order valence-electron chi connectivity index (χ1n) is 8.93. The van der Waals surface area contributed by atoms with E-state index in [0.29, 0.717) is 5.92 Å². The average Bonchev–Trinajstić information content (AvgIpc) is 2.46. The topological polar surface area (TPSA) is 40.5 Å². The molecule has 2 N–H and O–H groups in total. The zero-order valence-corrected chi connectivity index (χ0v) is 15.4. The van der Waals surface area contributed by atoms with Gasteiger partial charge in [0.2, 0.25) is 0 Å². The Morgan fingerprint density at radius 3 is 2.27 bits per heavy atom. The first-order valence-corrected chi connectivity index (χ1v) is 8.93. The van der Waals surface area contributed by atoms with Crippen molar-refractivity contribution < 1.29 is 10.2 Å². The Balaban J connectivity index is 4.98. The molecular formula is C20H38O2. The van der Waals surface area contributed by atoms with E-state index in [0.717, 1.165) is 25.7 Å². The first-order chi connectivity index (χ1) is 10.3. The standard InChI is InChI=1S/C20H38O2/c1-7-10-13-17(8-2)15-18(19(21)22)20(6,9-3)14-11-12-16(4)5/h9,12,17-19,21-22H,3,7-8,10-11,13-15H2,1-2,4-6H3. The fraction of sp³-hybridized carbons (Fsp3) is 0.800. The Kier molecular flexibility index (Phi) is 10.7. The van der Waals surface area contributed by atoms with Gasteiger partial charge in [-0.2, -0.15) is 0 Å². The lowest BCUT2D eigenvalue weighted by molar-refractivity contribution is -0.120. The van der Waals surface area contributed by atoms with Crippen LogP contribution in [-0.4, -0.2) is 16.5 Å². The van der Waals surface area contributed by atoms with Gasteiger partial charge in [-0.15, -0.1) is 6.58 Å². The quantitative estimate of drug-likeness (QED) is 0.371. The SMILES string of the molecule is C=CC(C)(CCC=C(C)C)C(CC(CC)CCCC)C(O)O. The van der Waals surface area contributed by atoms with Crippen LogP contribution in [0, 0.1) is 17.3 Å². The van der Waals surface area contributed by atoms with Crippen LogP contribution in [0.25, 0.3) is 0 Å². The van der Waals surface area contributed by atoms with Gasteiger partial charge in [-0.25, -0.2) is 0 Å². The maximum Gasteiger partial charge on any atom is 0.155 e. The molecule has 2 heteroatoms. The van der Waals surface area contributed by atoms with Crippen LogP contribution >= 0.6 is 0 Å². The predicted octanol–water partition coefficient (Wildman–Crippen LogP) is 5.46. The van der Waals surface area contributed by atoms with Crippen LogP contribution in [0.3, 0.4) is 0 Å². The van der Waals surface area contributed by atoms with E-state index in [9.17, 15) is 10.2 Å². The van der Waals surface area contributed by atoms with Crippen LogP contribution in [0.15, 0.2) is 24.3 Å². The van der Waals surface area contributed by atoms with Gasteiger partial charge in [0, 0.05) is 5.92 Å². The van der Waals surface area contributed by atoms with E-state index in [-0.39, 0.29) is 11.3 Å². The lowest BCUT2D eigenvalue weighted by Gasteiger charge is -2.38. The molecule has 0 spiro atoms. The minimum Gasteiger partial charge on any atom is -0.368 e. The molecule has 0 aromatic carbocycles. The summed E-state index contributed by atoms with van der Waals surface area (Å²) in [7, 11) is 0. The molecule has 0 amide bonds. The van der Waals surface area contributed by atoms with Crippen LogP contribution in [-0.2, 0) is 0 Å². The summed E-state index contributed by atoms with van der Waals surface area (Å²) in [6.45, 7) is 14.7. The molecule has 0 aromatic rings. The van der Waals surface area contributed by atoms with E-state index in [1.54, 1.807) is 0 Å². The van der Waals surface area contributed by atoms with Crippen LogP contribution in [0.1, 0.15) is 79.6 Å². The number of aliphatic hydroxyl groups excluding tert-OH is 1. The molecule has 130 valence electrons. The lowest BCUT2D eigenvalue weighted by Crippen LogP contribution is -2.36. The highest BCUT2D eigenvalue weighted by Gasteiger charge is 2.36. The van der Waals surface area contributed by atoms with Crippen molar-refractivity contribution in [2.24, 2.45) is 17.3 Å². The number of hydrogen-bond donors (Lipinski definition) is 2. The number of allylic oxidation sites excluding steroid dienone is 3. The van der Waals surface area contributed by atoms with Gasteiger partial charge in [0.05, 0.1) is 0 Å². The Labute approximate surface area is 138 Å². The fourth-order valence-corrected chi connectivity index (χ4v) is 3.18. The molecule has 0 aliphatic heterocycles. The molecule has 0 heterocycles. The monoisotopic (exact) mass is 310 g/mol. The Morgan fingerprint density at radius 2 is 1.86 bits per heavy atom. The Hall–Kier alpha value is -0.600. The summed E-state index contributed by atoms with van der Waals surface area (Å²) >= 11 is 0. The van der Waals surface area contributed by atoms with Gasteiger partial charge < -0.3 is 10.2 Å². The number of aliphatic hydroxyl groups is 2. The van der Waals surface area contributed by atoms with Crippen molar-refractivity contribution in [3.05, 3.63) is 24.3 Å². The number of unbranched alkanes of at least 4 members (excludes halogenated alkanes) is 1. The zero-order valence-electron chi connectivity index (χ0n) is 15.4. The Morgan fingerprint density at radius 1 is 1.23 bits per heavy atom. The molecule has 3 atom stereocenters. The van der Waals surface area contributed by atoms with Crippen molar-refractivity contribution >= 4 is 0 Å². The highest BCUT2D eigenvalue weighted by molar-refractivity contribution is 5.01. The molecule has 0 radical (unpaired) electrons.